The predicted octanol–water partition coefficient (Wildman–Crippen LogP) is -0.00930. The Bertz CT molecular complexity index is 1120. The quantitative estimate of drug-likeness (QED) is 0.330. The Morgan fingerprint density at radius 3 is 2.15 bits per heavy atom. The van der Waals surface area contributed by atoms with Gasteiger partial charge >= 0.3 is 29.6 Å². The molecular formula is C16H11N2NaO6S. The van der Waals surface area contributed by atoms with Crippen LogP contribution in [0.5, 0.6) is 17.2 Å². The summed E-state index contributed by atoms with van der Waals surface area (Å²) >= 11 is 0. The molecule has 3 aromatic rings. The van der Waals surface area contributed by atoms with Crippen molar-refractivity contribution in [3.63, 3.8) is 0 Å². The van der Waals surface area contributed by atoms with Gasteiger partial charge < -0.3 is 15.3 Å². The van der Waals surface area contributed by atoms with Crippen molar-refractivity contribution in [3.05, 3.63) is 48.5 Å². The number of azo groups is 1. The van der Waals surface area contributed by atoms with E-state index in [0.717, 1.165) is 12.1 Å². The van der Waals surface area contributed by atoms with Crippen LogP contribution >= 0.6 is 0 Å². The van der Waals surface area contributed by atoms with Gasteiger partial charge in [0.15, 0.2) is 0 Å². The van der Waals surface area contributed by atoms with Gasteiger partial charge in [0.25, 0.3) is 10.1 Å². The Morgan fingerprint density at radius 2 is 1.54 bits per heavy atom. The Labute approximate surface area is 170 Å². The first-order valence-electron chi connectivity index (χ1n) is 6.91. The van der Waals surface area contributed by atoms with Crippen LogP contribution < -0.4 is 34.7 Å². The van der Waals surface area contributed by atoms with Gasteiger partial charge in [0.05, 0.1) is 0 Å². The summed E-state index contributed by atoms with van der Waals surface area (Å²) in [4.78, 5) is -0.460. The van der Waals surface area contributed by atoms with Crippen LogP contribution in [0.1, 0.15) is 0 Å². The molecule has 0 saturated heterocycles. The van der Waals surface area contributed by atoms with E-state index in [0.29, 0.717) is 0 Å². The molecule has 0 heterocycles. The summed E-state index contributed by atoms with van der Waals surface area (Å²) in [6.07, 6.45) is 0. The summed E-state index contributed by atoms with van der Waals surface area (Å²) in [6, 6.07) is 10.4. The van der Waals surface area contributed by atoms with Crippen LogP contribution in [0.3, 0.4) is 0 Å². The number of phenols is 2. The predicted molar refractivity (Wildman–Crippen MR) is 87.2 cm³/mol. The number of nitrogens with zero attached hydrogens (tertiary/aromatic N) is 2. The SMILES string of the molecule is O=S(=O)(O)c1cc(O)c(N=Nc2ccc([O-])cc2O)c2ccccc12.[Na+]. The molecule has 0 amide bonds. The monoisotopic (exact) mass is 382 g/mol. The molecule has 128 valence electrons. The average molecular weight is 382 g/mol. The molecule has 3 N–H and O–H groups in total. The van der Waals surface area contributed by atoms with Gasteiger partial charge in [0.2, 0.25) is 0 Å². The summed E-state index contributed by atoms with van der Waals surface area (Å²) < 4.78 is 32.3. The molecule has 0 aromatic heterocycles. The van der Waals surface area contributed by atoms with E-state index >= 15 is 0 Å². The summed E-state index contributed by atoms with van der Waals surface area (Å²) in [5.41, 5.74) is -0.0458. The second-order valence-corrected chi connectivity index (χ2v) is 6.50. The van der Waals surface area contributed by atoms with Crippen molar-refractivity contribution in [2.45, 2.75) is 4.90 Å². The van der Waals surface area contributed by atoms with E-state index in [1.54, 1.807) is 12.1 Å². The molecule has 0 spiro atoms. The second kappa shape index (κ2) is 7.60. The zero-order chi connectivity index (χ0) is 18.2. The maximum Gasteiger partial charge on any atom is 1.00 e. The van der Waals surface area contributed by atoms with Crippen LogP contribution in [0.15, 0.2) is 63.7 Å². The minimum atomic E-state index is -4.55. The fraction of sp³-hybridized carbons (Fsp3) is 0. The molecule has 3 rings (SSSR count). The molecule has 0 radical (unpaired) electrons. The molecule has 3 aromatic carbocycles. The Hall–Kier alpha value is -2.17. The number of benzene rings is 3. The number of hydrogen-bond donors (Lipinski definition) is 3. The average Bonchev–Trinajstić information content (AvgIpc) is 2.54. The molecule has 0 fully saturated rings. The number of hydrogen-bond acceptors (Lipinski definition) is 7. The standard InChI is InChI=1S/C16H12N2O6S.Na/c19-9-5-6-12(13(20)7-9)17-18-16-11-4-2-1-3-10(11)15(8-14(16)21)25(22,23)24;/h1-8,19-21H,(H,22,23,24);/q;+1/p-1. The minimum Gasteiger partial charge on any atom is -0.872 e. The summed E-state index contributed by atoms with van der Waals surface area (Å²) in [7, 11) is -4.55. The molecule has 0 atom stereocenters. The molecule has 0 aliphatic carbocycles. The third-order valence-electron chi connectivity index (χ3n) is 3.44. The van der Waals surface area contributed by atoms with Crippen LogP contribution in [0.25, 0.3) is 10.8 Å². The topological polar surface area (TPSA) is 143 Å². The van der Waals surface area contributed by atoms with Crippen molar-refractivity contribution in [2.75, 3.05) is 0 Å². The van der Waals surface area contributed by atoms with E-state index < -0.39 is 26.5 Å². The van der Waals surface area contributed by atoms with Gasteiger partial charge in [-0.25, -0.2) is 0 Å². The zero-order valence-corrected chi connectivity index (χ0v) is 16.3. The molecule has 0 unspecified atom stereocenters. The Kier molecular flexibility index (Phi) is 5.89. The summed E-state index contributed by atoms with van der Waals surface area (Å²) in [5, 5.41) is 38.9. The first-order chi connectivity index (χ1) is 11.8. The third kappa shape index (κ3) is 3.97. The van der Waals surface area contributed by atoms with Crippen LogP contribution in [0.2, 0.25) is 0 Å². The Balaban J connectivity index is 0.00000243. The largest absolute Gasteiger partial charge is 1.00 e. The normalized spacial score (nSPS) is 11.6. The van der Waals surface area contributed by atoms with E-state index in [-0.39, 0.29) is 57.5 Å². The van der Waals surface area contributed by atoms with Gasteiger partial charge in [-0.2, -0.15) is 8.42 Å². The van der Waals surface area contributed by atoms with Crippen molar-refractivity contribution in [1.29, 1.82) is 0 Å². The van der Waals surface area contributed by atoms with E-state index in [2.05, 4.69) is 10.2 Å². The molecule has 0 aliphatic heterocycles. The van der Waals surface area contributed by atoms with Crippen LogP contribution in [0, 0.1) is 0 Å². The molecule has 10 heteroatoms. The van der Waals surface area contributed by atoms with Gasteiger partial charge in [-0.15, -0.1) is 16.0 Å². The number of phenolic OH excluding ortho intramolecular Hbond substituents is 2. The van der Waals surface area contributed by atoms with Crippen molar-refractivity contribution in [3.8, 4) is 17.2 Å². The molecular weight excluding hydrogens is 371 g/mol. The maximum atomic E-state index is 11.5. The van der Waals surface area contributed by atoms with Crippen LogP contribution in [-0.4, -0.2) is 23.2 Å². The van der Waals surface area contributed by atoms with Gasteiger partial charge in [0, 0.05) is 16.8 Å². The first-order valence-corrected chi connectivity index (χ1v) is 8.35. The molecule has 0 saturated carbocycles. The van der Waals surface area contributed by atoms with Crippen LogP contribution in [0.4, 0.5) is 11.4 Å². The van der Waals surface area contributed by atoms with Crippen LogP contribution in [-0.2, 0) is 10.1 Å². The van der Waals surface area contributed by atoms with E-state index in [1.165, 1.54) is 24.3 Å². The van der Waals surface area contributed by atoms with Gasteiger partial charge in [-0.1, -0.05) is 30.3 Å². The van der Waals surface area contributed by atoms with Gasteiger partial charge in [0.1, 0.15) is 27.8 Å². The number of aromatic hydroxyl groups is 2. The maximum absolute atomic E-state index is 11.5. The minimum absolute atomic E-state index is 0. The zero-order valence-electron chi connectivity index (χ0n) is 13.5. The molecule has 0 bridgehead atoms. The molecule has 26 heavy (non-hydrogen) atoms. The molecule has 0 aliphatic rings. The molecule has 8 nitrogen and oxygen atoms in total. The smallest absolute Gasteiger partial charge is 0.872 e. The fourth-order valence-electron chi connectivity index (χ4n) is 2.32. The van der Waals surface area contributed by atoms with E-state index in [9.17, 15) is 28.3 Å². The van der Waals surface area contributed by atoms with Gasteiger partial charge in [-0.3, -0.25) is 4.55 Å². The van der Waals surface area contributed by atoms with Crippen molar-refractivity contribution in [1.82, 2.24) is 0 Å². The number of fused-ring (bicyclic) bond motifs is 1. The summed E-state index contributed by atoms with van der Waals surface area (Å²) in [5.74, 6) is -1.30. The number of rotatable bonds is 3. The fourth-order valence-corrected chi connectivity index (χ4v) is 3.04. The third-order valence-corrected chi connectivity index (χ3v) is 4.33. The first kappa shape index (κ1) is 20.1. The van der Waals surface area contributed by atoms with Gasteiger partial charge in [-0.05, 0) is 12.1 Å². The van der Waals surface area contributed by atoms with E-state index in [4.69, 9.17) is 0 Å². The summed E-state index contributed by atoms with van der Waals surface area (Å²) in [6.45, 7) is 0. The van der Waals surface area contributed by atoms with Crippen molar-refractivity contribution in [2.24, 2.45) is 10.2 Å². The second-order valence-electron chi connectivity index (χ2n) is 5.11. The van der Waals surface area contributed by atoms with E-state index in [1.807, 2.05) is 0 Å². The van der Waals surface area contributed by atoms with Crippen molar-refractivity contribution < 1.29 is 57.8 Å². The van der Waals surface area contributed by atoms with Crippen molar-refractivity contribution >= 4 is 32.3 Å². The Morgan fingerprint density at radius 1 is 0.885 bits per heavy atom.